The Hall–Kier alpha value is -2.44. The second kappa shape index (κ2) is 7.21. The molecule has 0 amide bonds. The number of carboxylic acid groups (broad SMARTS) is 1. The molecular weight excluding hydrogens is 312 g/mol. The number of carboxylic acids is 1. The number of hydrogen-bond donors (Lipinski definition) is 2. The molecule has 2 aromatic heterocycles. The molecule has 1 aromatic carbocycles. The third-order valence-electron chi connectivity index (χ3n) is 3.39. The number of furan rings is 1. The van der Waals surface area contributed by atoms with Crippen molar-refractivity contribution in [1.29, 1.82) is 0 Å². The number of nitrogens with zero attached hydrogens (tertiary/aromatic N) is 1. The van der Waals surface area contributed by atoms with Crippen LogP contribution in [0.2, 0.25) is 0 Å². The van der Waals surface area contributed by atoms with Crippen LogP contribution in [0.3, 0.4) is 0 Å². The van der Waals surface area contributed by atoms with E-state index in [1.807, 2.05) is 47.8 Å². The number of thiazole rings is 1. The SMILES string of the molecule is O=C(O)[C@@H](Cc1ccccc1)NCc1csc(-c2ccco2)n1. The van der Waals surface area contributed by atoms with Gasteiger partial charge in [-0.15, -0.1) is 11.3 Å². The predicted octanol–water partition coefficient (Wildman–Crippen LogP) is 3.19. The van der Waals surface area contributed by atoms with E-state index in [2.05, 4.69) is 10.3 Å². The van der Waals surface area contributed by atoms with E-state index in [1.54, 1.807) is 6.26 Å². The molecule has 0 saturated heterocycles. The highest BCUT2D eigenvalue weighted by Crippen LogP contribution is 2.23. The zero-order valence-electron chi connectivity index (χ0n) is 12.3. The van der Waals surface area contributed by atoms with Gasteiger partial charge < -0.3 is 9.52 Å². The van der Waals surface area contributed by atoms with Gasteiger partial charge in [-0.1, -0.05) is 30.3 Å². The van der Waals surface area contributed by atoms with Crippen LogP contribution in [0, 0.1) is 0 Å². The fourth-order valence-electron chi connectivity index (χ4n) is 2.23. The summed E-state index contributed by atoms with van der Waals surface area (Å²) in [6.07, 6.45) is 2.04. The molecule has 0 bridgehead atoms. The highest BCUT2D eigenvalue weighted by atomic mass is 32.1. The van der Waals surface area contributed by atoms with Crippen LogP contribution >= 0.6 is 11.3 Å². The van der Waals surface area contributed by atoms with Crippen molar-refractivity contribution in [2.24, 2.45) is 0 Å². The minimum absolute atomic E-state index is 0.404. The van der Waals surface area contributed by atoms with E-state index in [9.17, 15) is 9.90 Å². The Balaban J connectivity index is 1.62. The summed E-state index contributed by atoms with van der Waals surface area (Å²) in [6.45, 7) is 0.404. The minimum Gasteiger partial charge on any atom is -0.480 e. The number of aliphatic carboxylic acids is 1. The molecule has 0 spiro atoms. The average molecular weight is 328 g/mol. The van der Waals surface area contributed by atoms with Crippen molar-refractivity contribution >= 4 is 17.3 Å². The molecule has 0 aliphatic carbocycles. The molecule has 0 aliphatic rings. The maximum absolute atomic E-state index is 11.4. The molecule has 118 valence electrons. The number of hydrogen-bond acceptors (Lipinski definition) is 5. The van der Waals surface area contributed by atoms with Crippen LogP contribution in [0.5, 0.6) is 0 Å². The van der Waals surface area contributed by atoms with Crippen molar-refractivity contribution in [2.45, 2.75) is 19.0 Å². The number of nitrogens with one attached hydrogen (secondary N) is 1. The van der Waals surface area contributed by atoms with E-state index in [-0.39, 0.29) is 0 Å². The van der Waals surface area contributed by atoms with Gasteiger partial charge >= 0.3 is 5.97 Å². The maximum Gasteiger partial charge on any atom is 0.321 e. The molecule has 5 nitrogen and oxygen atoms in total. The van der Waals surface area contributed by atoms with Crippen LogP contribution in [0.1, 0.15) is 11.3 Å². The number of carbonyl (C=O) groups is 1. The first-order valence-corrected chi connectivity index (χ1v) is 8.09. The lowest BCUT2D eigenvalue weighted by atomic mass is 10.1. The quantitative estimate of drug-likeness (QED) is 0.696. The number of benzene rings is 1. The Kier molecular flexibility index (Phi) is 4.85. The van der Waals surface area contributed by atoms with Gasteiger partial charge in [0.05, 0.1) is 12.0 Å². The lowest BCUT2D eigenvalue weighted by molar-refractivity contribution is -0.139. The Morgan fingerprint density at radius 1 is 1.26 bits per heavy atom. The Bertz CT molecular complexity index is 753. The predicted molar refractivity (Wildman–Crippen MR) is 88.2 cm³/mol. The Labute approximate surface area is 137 Å². The first-order chi connectivity index (χ1) is 11.2. The molecule has 0 aliphatic heterocycles. The summed E-state index contributed by atoms with van der Waals surface area (Å²) in [6, 6.07) is 12.6. The molecule has 3 aromatic rings. The van der Waals surface area contributed by atoms with Gasteiger partial charge in [-0.2, -0.15) is 0 Å². The summed E-state index contributed by atoms with van der Waals surface area (Å²) in [5.41, 5.74) is 1.79. The van der Waals surface area contributed by atoms with Gasteiger partial charge in [-0.3, -0.25) is 10.1 Å². The zero-order chi connectivity index (χ0) is 16.1. The highest BCUT2D eigenvalue weighted by Gasteiger charge is 2.18. The van der Waals surface area contributed by atoms with E-state index in [1.165, 1.54) is 11.3 Å². The molecule has 23 heavy (non-hydrogen) atoms. The van der Waals surface area contributed by atoms with Crippen LogP contribution in [0.4, 0.5) is 0 Å². The summed E-state index contributed by atoms with van der Waals surface area (Å²) >= 11 is 1.48. The Morgan fingerprint density at radius 2 is 2.09 bits per heavy atom. The molecule has 6 heteroatoms. The molecule has 3 rings (SSSR count). The molecular formula is C17H16N2O3S. The summed E-state index contributed by atoms with van der Waals surface area (Å²) in [5, 5.41) is 15.1. The van der Waals surface area contributed by atoms with E-state index < -0.39 is 12.0 Å². The highest BCUT2D eigenvalue weighted by molar-refractivity contribution is 7.13. The van der Waals surface area contributed by atoms with Crippen LogP contribution in [-0.2, 0) is 17.8 Å². The first-order valence-electron chi connectivity index (χ1n) is 7.21. The molecule has 2 N–H and O–H groups in total. The normalized spacial score (nSPS) is 12.2. The fourth-order valence-corrected chi connectivity index (χ4v) is 3.01. The lowest BCUT2D eigenvalue weighted by Crippen LogP contribution is -2.38. The van der Waals surface area contributed by atoms with Crippen molar-refractivity contribution in [3.05, 3.63) is 65.4 Å². The first kappa shape index (κ1) is 15.5. The van der Waals surface area contributed by atoms with E-state index in [4.69, 9.17) is 4.42 Å². The molecule has 0 saturated carbocycles. The van der Waals surface area contributed by atoms with Crippen LogP contribution in [0.15, 0.2) is 58.5 Å². The average Bonchev–Trinajstić information content (AvgIpc) is 3.23. The topological polar surface area (TPSA) is 75.4 Å². The van der Waals surface area contributed by atoms with E-state index in [0.717, 1.165) is 22.0 Å². The standard InChI is InChI=1S/C17H16N2O3S/c20-17(21)14(9-12-5-2-1-3-6-12)18-10-13-11-23-16(19-13)15-7-4-8-22-15/h1-8,11,14,18H,9-10H2,(H,20,21)/t14-/m1/s1. The van der Waals surface area contributed by atoms with Crippen molar-refractivity contribution in [2.75, 3.05) is 0 Å². The second-order valence-corrected chi connectivity index (χ2v) is 5.94. The van der Waals surface area contributed by atoms with Gasteiger partial charge in [0.1, 0.15) is 6.04 Å². The minimum atomic E-state index is -0.865. The molecule has 2 heterocycles. The zero-order valence-corrected chi connectivity index (χ0v) is 13.1. The second-order valence-electron chi connectivity index (χ2n) is 5.08. The van der Waals surface area contributed by atoms with Crippen molar-refractivity contribution in [3.63, 3.8) is 0 Å². The van der Waals surface area contributed by atoms with Gasteiger partial charge in [-0.05, 0) is 24.1 Å². The van der Waals surface area contributed by atoms with Crippen LogP contribution in [-0.4, -0.2) is 22.1 Å². The summed E-state index contributed by atoms with van der Waals surface area (Å²) in [4.78, 5) is 15.9. The maximum atomic E-state index is 11.4. The summed E-state index contributed by atoms with van der Waals surface area (Å²) in [5.74, 6) is -0.143. The van der Waals surface area contributed by atoms with Gasteiger partial charge in [0.2, 0.25) is 0 Å². The number of aromatic nitrogens is 1. The van der Waals surface area contributed by atoms with Gasteiger partial charge in [0.25, 0.3) is 0 Å². The summed E-state index contributed by atoms with van der Waals surface area (Å²) < 4.78 is 5.31. The van der Waals surface area contributed by atoms with Gasteiger partial charge in [-0.25, -0.2) is 4.98 Å². The van der Waals surface area contributed by atoms with E-state index in [0.29, 0.717) is 13.0 Å². The fraction of sp³-hybridized carbons (Fsp3) is 0.176. The summed E-state index contributed by atoms with van der Waals surface area (Å²) in [7, 11) is 0. The molecule has 0 radical (unpaired) electrons. The van der Waals surface area contributed by atoms with Crippen LogP contribution in [0.25, 0.3) is 10.8 Å². The number of rotatable bonds is 7. The third-order valence-corrected chi connectivity index (χ3v) is 4.30. The Morgan fingerprint density at radius 3 is 2.78 bits per heavy atom. The molecule has 0 fully saturated rings. The largest absolute Gasteiger partial charge is 0.480 e. The monoisotopic (exact) mass is 328 g/mol. The van der Waals surface area contributed by atoms with Gasteiger partial charge in [0.15, 0.2) is 10.8 Å². The van der Waals surface area contributed by atoms with Crippen molar-refractivity contribution < 1.29 is 14.3 Å². The third kappa shape index (κ3) is 4.06. The van der Waals surface area contributed by atoms with Crippen LogP contribution < -0.4 is 5.32 Å². The van der Waals surface area contributed by atoms with Crippen molar-refractivity contribution in [3.8, 4) is 10.8 Å². The molecule has 0 unspecified atom stereocenters. The van der Waals surface area contributed by atoms with Gasteiger partial charge in [0, 0.05) is 11.9 Å². The van der Waals surface area contributed by atoms with Crippen molar-refractivity contribution in [1.82, 2.24) is 10.3 Å². The van der Waals surface area contributed by atoms with E-state index >= 15 is 0 Å². The molecule has 1 atom stereocenters. The lowest BCUT2D eigenvalue weighted by Gasteiger charge is -2.13. The smallest absolute Gasteiger partial charge is 0.321 e.